The van der Waals surface area contributed by atoms with Crippen molar-refractivity contribution in [2.24, 2.45) is 5.73 Å². The number of para-hydroxylation sites is 1. The number of pyridine rings is 2. The maximum Gasteiger partial charge on any atom is 0.217 e. The lowest BCUT2D eigenvalue weighted by atomic mass is 10.0. The Morgan fingerprint density at radius 3 is 2.84 bits per heavy atom. The highest BCUT2D eigenvalue weighted by molar-refractivity contribution is 6.42. The highest BCUT2D eigenvalue weighted by Gasteiger charge is 2.14. The van der Waals surface area contributed by atoms with E-state index in [0.717, 1.165) is 28.4 Å². The number of carbonyl (C=O) groups is 1. The number of amides is 1. The Morgan fingerprint density at radius 2 is 2.13 bits per heavy atom. The lowest BCUT2D eigenvalue weighted by molar-refractivity contribution is -0.119. The molecule has 0 atom stereocenters. The number of rotatable bonds is 7. The molecule has 160 valence electrons. The van der Waals surface area contributed by atoms with Crippen LogP contribution in [-0.4, -0.2) is 22.1 Å². The minimum Gasteiger partial charge on any atom is -0.487 e. The van der Waals surface area contributed by atoms with Crippen LogP contribution in [0, 0.1) is 12.3 Å². The van der Waals surface area contributed by atoms with Gasteiger partial charge >= 0.3 is 0 Å². The van der Waals surface area contributed by atoms with Crippen LogP contribution >= 0.6 is 23.2 Å². The van der Waals surface area contributed by atoms with E-state index in [4.69, 9.17) is 39.1 Å². The number of halogens is 2. The molecule has 0 spiro atoms. The zero-order valence-corrected chi connectivity index (χ0v) is 18.5. The Hall–Kier alpha value is -3.16. The van der Waals surface area contributed by atoms with Crippen molar-refractivity contribution in [2.45, 2.75) is 27.0 Å². The molecule has 0 fully saturated rings. The third kappa shape index (κ3) is 5.13. The number of aryl methyl sites for hydroxylation is 1. The van der Waals surface area contributed by atoms with Gasteiger partial charge in [0.1, 0.15) is 17.9 Å². The zero-order chi connectivity index (χ0) is 22.5. The van der Waals surface area contributed by atoms with Gasteiger partial charge in [-0.2, -0.15) is 0 Å². The molecule has 3 aromatic rings. The van der Waals surface area contributed by atoms with Gasteiger partial charge in [0.25, 0.3) is 0 Å². The molecule has 1 aromatic carbocycles. The number of carbonyl (C=O) groups excluding carboxylic acids is 1. The van der Waals surface area contributed by atoms with E-state index in [0.29, 0.717) is 34.1 Å². The van der Waals surface area contributed by atoms with Crippen molar-refractivity contribution in [1.29, 1.82) is 5.41 Å². The molecule has 0 bridgehead atoms. The van der Waals surface area contributed by atoms with Crippen molar-refractivity contribution in [3.05, 3.63) is 69.1 Å². The Kier molecular flexibility index (Phi) is 7.09. The molecule has 0 saturated heterocycles. The molecule has 4 N–H and O–H groups in total. The van der Waals surface area contributed by atoms with Crippen LogP contribution in [-0.2, 0) is 17.9 Å². The quantitative estimate of drug-likeness (QED) is 0.457. The monoisotopic (exact) mass is 457 g/mol. The predicted molar refractivity (Wildman–Crippen MR) is 123 cm³/mol. The smallest absolute Gasteiger partial charge is 0.217 e. The summed E-state index contributed by atoms with van der Waals surface area (Å²) in [5, 5.41) is 11.5. The summed E-state index contributed by atoms with van der Waals surface area (Å²) in [6, 6.07) is 7.32. The van der Waals surface area contributed by atoms with Gasteiger partial charge in [0.2, 0.25) is 5.91 Å². The third-order valence-electron chi connectivity index (χ3n) is 4.60. The summed E-state index contributed by atoms with van der Waals surface area (Å²) >= 11 is 12.4. The van der Waals surface area contributed by atoms with Crippen molar-refractivity contribution in [3.63, 3.8) is 0 Å². The second-order valence-electron chi connectivity index (χ2n) is 6.83. The highest BCUT2D eigenvalue weighted by Crippen LogP contribution is 2.32. The maximum absolute atomic E-state index is 11.3. The normalized spacial score (nSPS) is 11.7. The van der Waals surface area contributed by atoms with Gasteiger partial charge in [-0.15, -0.1) is 0 Å². The number of nitrogens with one attached hydrogen (secondary N) is 2. The van der Waals surface area contributed by atoms with Crippen molar-refractivity contribution < 1.29 is 9.53 Å². The van der Waals surface area contributed by atoms with E-state index in [9.17, 15) is 4.79 Å². The number of aromatic nitrogens is 2. The Balaban J connectivity index is 2.00. The van der Waals surface area contributed by atoms with Crippen LogP contribution in [0.5, 0.6) is 5.75 Å². The average Bonchev–Trinajstić information content (AvgIpc) is 2.75. The number of nitrogens with zero attached hydrogens (tertiary/aromatic N) is 2. The lowest BCUT2D eigenvalue weighted by Crippen LogP contribution is -2.20. The van der Waals surface area contributed by atoms with Gasteiger partial charge in [-0.3, -0.25) is 9.78 Å². The number of fused-ring (bicyclic) bond motifs is 1. The molecule has 31 heavy (non-hydrogen) atoms. The molecule has 0 unspecified atom stereocenters. The molecule has 1 amide bonds. The number of hydrogen-bond donors (Lipinski definition) is 3. The summed E-state index contributed by atoms with van der Waals surface area (Å²) in [5.74, 6) is 0.391. The van der Waals surface area contributed by atoms with E-state index < -0.39 is 0 Å². The predicted octanol–water partition coefficient (Wildman–Crippen LogP) is 4.32. The SMILES string of the molecule is CC(=O)NCc1cncc(Cl)c1COc1cccc2c(/C(N)=C(\Cl)C=N)cc(C)nc12. The van der Waals surface area contributed by atoms with E-state index in [2.05, 4.69) is 15.3 Å². The third-order valence-corrected chi connectivity index (χ3v) is 5.24. The summed E-state index contributed by atoms with van der Waals surface area (Å²) in [7, 11) is 0. The first-order valence-corrected chi connectivity index (χ1v) is 10.1. The largest absolute Gasteiger partial charge is 0.487 e. The molecule has 9 heteroatoms. The summed E-state index contributed by atoms with van der Waals surface area (Å²) in [6.45, 7) is 3.74. The molecular formula is C22H21Cl2N5O2. The molecule has 2 heterocycles. The van der Waals surface area contributed by atoms with E-state index in [1.807, 2.05) is 25.1 Å². The van der Waals surface area contributed by atoms with Gasteiger partial charge in [-0.05, 0) is 24.6 Å². The first kappa shape index (κ1) is 22.5. The van der Waals surface area contributed by atoms with Crippen molar-refractivity contribution in [2.75, 3.05) is 0 Å². The van der Waals surface area contributed by atoms with Gasteiger partial charge in [-0.25, -0.2) is 4.98 Å². The van der Waals surface area contributed by atoms with Crippen LogP contribution in [0.1, 0.15) is 29.3 Å². The number of benzene rings is 1. The zero-order valence-electron chi connectivity index (χ0n) is 17.0. The first-order valence-electron chi connectivity index (χ1n) is 9.36. The standard InChI is InChI=1S/C22H21Cl2N5O2/c1-12-6-16(21(26)18(23)7-25)15-4-3-5-20(22(15)29-12)31-11-17-14(9-28-13(2)30)8-27-10-19(17)24/h3-8,10,25H,9,11,26H2,1-2H3,(H,28,30)/b21-18+,25-7?. The Labute approximate surface area is 189 Å². The molecule has 0 radical (unpaired) electrons. The van der Waals surface area contributed by atoms with Gasteiger partial charge < -0.3 is 21.2 Å². The van der Waals surface area contributed by atoms with Crippen LogP contribution in [0.15, 0.2) is 41.7 Å². The average molecular weight is 458 g/mol. The molecule has 3 rings (SSSR count). The van der Waals surface area contributed by atoms with Crippen LogP contribution in [0.2, 0.25) is 5.02 Å². The van der Waals surface area contributed by atoms with E-state index in [1.165, 1.54) is 13.1 Å². The molecule has 2 aromatic heterocycles. The van der Waals surface area contributed by atoms with Gasteiger partial charge in [0.15, 0.2) is 0 Å². The Morgan fingerprint density at radius 1 is 1.35 bits per heavy atom. The number of hydrogen-bond acceptors (Lipinski definition) is 6. The topological polar surface area (TPSA) is 114 Å². The summed E-state index contributed by atoms with van der Waals surface area (Å²) in [5.41, 5.74) is 9.96. The molecule has 0 aliphatic rings. The fourth-order valence-electron chi connectivity index (χ4n) is 3.08. The van der Waals surface area contributed by atoms with E-state index in [-0.39, 0.29) is 17.5 Å². The van der Waals surface area contributed by atoms with Crippen molar-refractivity contribution >= 4 is 51.9 Å². The first-order chi connectivity index (χ1) is 14.8. The molecule has 7 nitrogen and oxygen atoms in total. The molecular weight excluding hydrogens is 437 g/mol. The summed E-state index contributed by atoms with van der Waals surface area (Å²) < 4.78 is 6.09. The molecule has 0 aliphatic carbocycles. The summed E-state index contributed by atoms with van der Waals surface area (Å²) in [4.78, 5) is 20.0. The van der Waals surface area contributed by atoms with E-state index in [1.54, 1.807) is 12.3 Å². The maximum atomic E-state index is 11.3. The van der Waals surface area contributed by atoms with Crippen molar-refractivity contribution in [1.82, 2.24) is 15.3 Å². The number of allylic oxidation sites excluding steroid dienone is 1. The summed E-state index contributed by atoms with van der Waals surface area (Å²) in [6.07, 6.45) is 4.18. The number of nitrogens with two attached hydrogens (primary N) is 1. The van der Waals surface area contributed by atoms with Crippen LogP contribution in [0.25, 0.3) is 16.6 Å². The van der Waals surface area contributed by atoms with Gasteiger partial charge in [0, 0.05) is 54.3 Å². The minimum absolute atomic E-state index is 0.143. The number of ether oxygens (including phenoxy) is 1. The van der Waals surface area contributed by atoms with Gasteiger partial charge in [-0.1, -0.05) is 35.3 Å². The Bertz CT molecular complexity index is 1190. The highest BCUT2D eigenvalue weighted by atomic mass is 35.5. The molecule has 0 aliphatic heterocycles. The lowest BCUT2D eigenvalue weighted by Gasteiger charge is -2.15. The van der Waals surface area contributed by atoms with E-state index >= 15 is 0 Å². The second-order valence-corrected chi connectivity index (χ2v) is 7.64. The minimum atomic E-state index is -0.151. The van der Waals surface area contributed by atoms with Crippen LogP contribution in [0.4, 0.5) is 0 Å². The van der Waals surface area contributed by atoms with Crippen LogP contribution in [0.3, 0.4) is 0 Å². The van der Waals surface area contributed by atoms with Crippen molar-refractivity contribution in [3.8, 4) is 5.75 Å². The van der Waals surface area contributed by atoms with Crippen LogP contribution < -0.4 is 15.8 Å². The fourth-order valence-corrected chi connectivity index (χ4v) is 3.42. The van der Waals surface area contributed by atoms with Gasteiger partial charge in [0.05, 0.1) is 15.8 Å². The second kappa shape index (κ2) is 9.76. The fraction of sp³-hybridized carbons (Fsp3) is 0.182. The molecule has 0 saturated carbocycles.